The van der Waals surface area contributed by atoms with E-state index in [9.17, 15) is 19.5 Å². The van der Waals surface area contributed by atoms with Crippen LogP contribution in [0.15, 0.2) is 51.0 Å². The number of anilines is 1. The molecule has 0 bridgehead atoms. The number of carboxylic acid groups (broad SMARTS) is 1. The van der Waals surface area contributed by atoms with Gasteiger partial charge in [0.1, 0.15) is 16.7 Å². The van der Waals surface area contributed by atoms with Gasteiger partial charge in [0.15, 0.2) is 5.13 Å². The van der Waals surface area contributed by atoms with Gasteiger partial charge < -0.3 is 21.0 Å². The Bertz CT molecular complexity index is 1450. The molecule has 12 nitrogen and oxygen atoms in total. The quantitative estimate of drug-likeness (QED) is 0.150. The van der Waals surface area contributed by atoms with E-state index in [-0.39, 0.29) is 41.0 Å². The van der Waals surface area contributed by atoms with E-state index in [0.717, 1.165) is 0 Å². The van der Waals surface area contributed by atoms with Crippen LogP contribution >= 0.6 is 58.2 Å². The van der Waals surface area contributed by atoms with Gasteiger partial charge in [-0.2, -0.15) is 0 Å². The first-order valence-electron chi connectivity index (χ1n) is 10.9. The Kier molecular flexibility index (Phi) is 9.91. The summed E-state index contributed by atoms with van der Waals surface area (Å²) < 4.78 is 1.47. The van der Waals surface area contributed by atoms with Crippen LogP contribution in [0.25, 0.3) is 0 Å². The molecule has 2 aliphatic rings. The van der Waals surface area contributed by atoms with Gasteiger partial charge in [0, 0.05) is 28.8 Å². The minimum atomic E-state index is -1.45. The van der Waals surface area contributed by atoms with E-state index in [2.05, 4.69) is 25.8 Å². The van der Waals surface area contributed by atoms with Crippen LogP contribution in [0, 0.1) is 0 Å². The Morgan fingerprint density at radius 2 is 2.13 bits per heavy atom. The number of aliphatic carboxylic acids is 1. The number of aryl methyl sites for hydroxylation is 1. The van der Waals surface area contributed by atoms with Crippen LogP contribution in [-0.4, -0.2) is 70.8 Å². The molecule has 5 rings (SSSR count). The van der Waals surface area contributed by atoms with Crippen LogP contribution in [0.4, 0.5) is 5.13 Å². The van der Waals surface area contributed by atoms with Crippen molar-refractivity contribution in [3.63, 3.8) is 0 Å². The number of nitrogen functional groups attached to an aromatic ring is 1. The average Bonchev–Trinajstić information content (AvgIpc) is 3.51. The van der Waals surface area contributed by atoms with Crippen LogP contribution in [-0.2, 0) is 21.4 Å². The fraction of sp³-hybridized carbons (Fsp3) is 0.286. The molecule has 2 unspecified atom stereocenters. The zero-order valence-electron chi connectivity index (χ0n) is 20.4. The Morgan fingerprint density at radius 1 is 1.36 bits per heavy atom. The molecule has 18 heteroatoms. The largest absolute Gasteiger partial charge is 1.00 e. The Hall–Kier alpha value is -1.79. The van der Waals surface area contributed by atoms with Crippen LogP contribution < -0.4 is 45.7 Å². The van der Waals surface area contributed by atoms with Crippen molar-refractivity contribution in [2.45, 2.75) is 26.7 Å². The normalized spacial score (nSPS) is 19.1. The number of carbonyl (C=O) groups excluding carboxylic acids is 3. The maximum Gasteiger partial charge on any atom is 1.00 e. The van der Waals surface area contributed by atoms with E-state index in [1.807, 2.05) is 0 Å². The molecule has 2 amide bonds. The van der Waals surface area contributed by atoms with Gasteiger partial charge in [0.25, 0.3) is 5.91 Å². The average molecular weight is 633 g/mol. The zero-order valence-corrected chi connectivity index (χ0v) is 26.5. The van der Waals surface area contributed by atoms with Crippen molar-refractivity contribution >= 4 is 81.1 Å². The summed E-state index contributed by atoms with van der Waals surface area (Å²) in [6, 6.07) is 6.16. The van der Waals surface area contributed by atoms with Crippen molar-refractivity contribution < 1.29 is 49.0 Å². The fourth-order valence-corrected chi connectivity index (χ4v) is 8.13. The minimum Gasteiger partial charge on any atom is -0.543 e. The topological polar surface area (TPSA) is 172 Å². The zero-order chi connectivity index (χ0) is 27.0. The molecule has 0 spiro atoms. The van der Waals surface area contributed by atoms with Crippen LogP contribution in [0.2, 0.25) is 5.02 Å². The van der Waals surface area contributed by atoms with E-state index in [4.69, 9.17) is 17.3 Å². The number of hydrogen-bond donors (Lipinski definition) is 2. The molecule has 1 aromatic carbocycles. The van der Waals surface area contributed by atoms with Gasteiger partial charge in [-0.1, -0.05) is 35.5 Å². The van der Waals surface area contributed by atoms with Gasteiger partial charge in [-0.25, -0.2) is 9.67 Å². The monoisotopic (exact) mass is 632 g/mol. The molecule has 0 aliphatic carbocycles. The number of aromatic nitrogens is 5. The van der Waals surface area contributed by atoms with Gasteiger partial charge >= 0.3 is 29.6 Å². The van der Waals surface area contributed by atoms with E-state index in [0.29, 0.717) is 37.2 Å². The molecule has 3 aromatic rings. The van der Waals surface area contributed by atoms with Gasteiger partial charge in [-0.15, -0.1) is 40.0 Å². The summed E-state index contributed by atoms with van der Waals surface area (Å²) in [5.74, 6) is -1.85. The van der Waals surface area contributed by atoms with Crippen molar-refractivity contribution in [1.29, 1.82) is 0 Å². The van der Waals surface area contributed by atoms with Gasteiger partial charge in [0.2, 0.25) is 11.1 Å². The summed E-state index contributed by atoms with van der Waals surface area (Å²) in [5.41, 5.74) is 6.57. The van der Waals surface area contributed by atoms with Crippen molar-refractivity contribution in [3.8, 4) is 0 Å². The van der Waals surface area contributed by atoms with E-state index in [1.165, 1.54) is 56.2 Å². The molecule has 1 saturated heterocycles. The molecular formula is C21H18ClN8NaO4S4. The number of benzene rings is 1. The number of amides is 2. The molecule has 0 radical (unpaired) electrons. The van der Waals surface area contributed by atoms with Crippen LogP contribution in [0.3, 0.4) is 0 Å². The maximum atomic E-state index is 13.4. The number of nitrogens with zero attached hydrogens (tertiary/aromatic N) is 6. The summed E-state index contributed by atoms with van der Waals surface area (Å²) in [6.45, 7) is 0. The summed E-state index contributed by atoms with van der Waals surface area (Å²) in [4.78, 5) is 44.7. The Morgan fingerprint density at radius 3 is 2.77 bits per heavy atom. The van der Waals surface area contributed by atoms with Crippen molar-refractivity contribution in [3.05, 3.63) is 51.6 Å². The number of β-lactam (4-membered cyclic amide) rings is 1. The number of hydrogen-bond acceptors (Lipinski definition) is 13. The molecular weight excluding hydrogens is 615 g/mol. The molecule has 3 atom stereocenters. The number of thiazole rings is 1. The Labute approximate surface area is 266 Å². The molecule has 4 heterocycles. The van der Waals surface area contributed by atoms with Crippen molar-refractivity contribution in [1.82, 2.24) is 35.4 Å². The third kappa shape index (κ3) is 6.27. The summed E-state index contributed by atoms with van der Waals surface area (Å²) in [5, 5.41) is 27.6. The number of fused-ring (bicyclic) bond motifs is 1. The number of nitrogens with two attached hydrogens (primary N) is 1. The predicted molar refractivity (Wildman–Crippen MR) is 143 cm³/mol. The summed E-state index contributed by atoms with van der Waals surface area (Å²) >= 11 is 11.3. The second kappa shape index (κ2) is 12.8. The van der Waals surface area contributed by atoms with Crippen molar-refractivity contribution in [2.75, 3.05) is 17.2 Å². The number of rotatable bonds is 9. The predicted octanol–water partition coefficient (Wildman–Crippen LogP) is -2.06. The number of tetrazole rings is 1. The summed E-state index contributed by atoms with van der Waals surface area (Å²) in [6.07, 6.45) is 0. The van der Waals surface area contributed by atoms with Crippen LogP contribution in [0.1, 0.15) is 10.9 Å². The number of thioether (sulfide) groups is 3. The number of carbonyl (C=O) groups is 3. The van der Waals surface area contributed by atoms with E-state index < -0.39 is 34.4 Å². The molecule has 2 aliphatic heterocycles. The number of halogens is 1. The number of nitrogens with one attached hydrogen (secondary N) is 1. The fourth-order valence-electron chi connectivity index (χ4n) is 3.84. The first-order valence-corrected chi connectivity index (χ1v) is 15.1. The first-order chi connectivity index (χ1) is 18.2. The van der Waals surface area contributed by atoms with Gasteiger partial charge in [0.05, 0.1) is 22.4 Å². The van der Waals surface area contributed by atoms with Crippen molar-refractivity contribution in [2.24, 2.45) is 7.05 Å². The standard InChI is InChI=1S/C21H19ClN8O4S4.Na/c1-29-21(26-27-28-29)37-7-9-6-35-18-13(17(32)30(18)14(9)19(33)34)25-16(31)15(11-8-36-20(23)24-11)38-12-5-3-2-4-10(12)22;/h2-5,8,13,15,18H,6-7H2,1H3,(H2,23,24)(H,25,31)(H,33,34);/q;+1/p-1/t13?,15?,18-;/m1./s1. The second-order valence-electron chi connectivity index (χ2n) is 8.05. The SMILES string of the molecule is Cn1nnnc1SCC1=C(C(=O)[O-])N2C(=O)C(NC(=O)C(Sc3ccccc3Cl)c3csc(N)n3)[C@H]2SC1.[Na+]. The summed E-state index contributed by atoms with van der Waals surface area (Å²) in [7, 11) is 1.67. The van der Waals surface area contributed by atoms with Crippen LogP contribution in [0.5, 0.6) is 0 Å². The third-order valence-corrected chi connectivity index (χ3v) is 10.5. The molecule has 0 saturated carbocycles. The van der Waals surface area contributed by atoms with Gasteiger partial charge in [-0.3, -0.25) is 14.5 Å². The molecule has 2 aromatic heterocycles. The van der Waals surface area contributed by atoms with E-state index >= 15 is 0 Å². The second-order valence-corrected chi connectivity index (χ2v) is 12.5. The molecule has 1 fully saturated rings. The maximum absolute atomic E-state index is 13.4. The van der Waals surface area contributed by atoms with Gasteiger partial charge in [-0.05, 0) is 28.1 Å². The third-order valence-electron chi connectivity index (χ3n) is 5.62. The van der Waals surface area contributed by atoms with E-state index in [1.54, 1.807) is 36.7 Å². The number of carboxylic acids is 1. The molecule has 39 heavy (non-hydrogen) atoms. The first kappa shape index (κ1) is 30.2. The Balaban J connectivity index is 0.00000353. The minimum absolute atomic E-state index is 0. The smallest absolute Gasteiger partial charge is 0.543 e. The molecule has 3 N–H and O–H groups in total. The molecule has 198 valence electrons.